The average molecular weight is 629 g/mol. The van der Waals surface area contributed by atoms with Crippen LogP contribution >= 0.6 is 0 Å². The standard InChI is InChI=1S/C20H41NO3Si.C14H27NO3/c1-19(2,3)12-10-17-14-16(11-13-21(17)18(22)23-7)15-24-25(8,9)20(4,5)6;1-5-7-14(2,3)12-9-11(10-16)6-8-15(12)13(17)18-4/h16-17H,10-15H2,1-9H3;11-12,16H,5-10H2,1-4H3. The zero-order valence-corrected chi connectivity index (χ0v) is 31.2. The first kappa shape index (κ1) is 39.7. The Morgan fingerprint density at radius 3 is 1.86 bits per heavy atom. The normalized spacial score (nSPS) is 23.8. The summed E-state index contributed by atoms with van der Waals surface area (Å²) >= 11 is 0. The fourth-order valence-corrected chi connectivity index (χ4v) is 7.24. The molecule has 4 unspecified atom stereocenters. The highest BCUT2D eigenvalue weighted by Gasteiger charge is 2.41. The van der Waals surface area contributed by atoms with E-state index in [0.29, 0.717) is 18.4 Å². The summed E-state index contributed by atoms with van der Waals surface area (Å²) in [6.07, 6.45) is 7.68. The second kappa shape index (κ2) is 16.8. The highest BCUT2D eigenvalue weighted by molar-refractivity contribution is 6.74. The lowest BCUT2D eigenvalue weighted by Gasteiger charge is -2.46. The maximum absolute atomic E-state index is 12.1. The summed E-state index contributed by atoms with van der Waals surface area (Å²) in [6, 6.07) is 0.434. The third-order valence-corrected chi connectivity index (χ3v) is 14.6. The van der Waals surface area contributed by atoms with Gasteiger partial charge in [-0.2, -0.15) is 0 Å². The smallest absolute Gasteiger partial charge is 0.409 e. The quantitative estimate of drug-likeness (QED) is 0.258. The summed E-state index contributed by atoms with van der Waals surface area (Å²) in [6.45, 7) is 27.4. The number of ether oxygens (including phenoxy) is 2. The number of amides is 2. The summed E-state index contributed by atoms with van der Waals surface area (Å²) in [5.74, 6) is 0.854. The summed E-state index contributed by atoms with van der Waals surface area (Å²) in [5.41, 5.74) is 0.350. The van der Waals surface area contributed by atoms with Gasteiger partial charge in [-0.25, -0.2) is 9.59 Å². The Bertz CT molecular complexity index is 851. The fourth-order valence-electron chi connectivity index (χ4n) is 6.15. The molecule has 2 aliphatic rings. The topological polar surface area (TPSA) is 88.5 Å². The molecule has 0 saturated carbocycles. The second-order valence-electron chi connectivity index (χ2n) is 16.4. The lowest BCUT2D eigenvalue weighted by Crippen LogP contribution is -2.53. The van der Waals surface area contributed by atoms with E-state index < -0.39 is 8.32 Å². The van der Waals surface area contributed by atoms with E-state index in [0.717, 1.165) is 64.5 Å². The van der Waals surface area contributed by atoms with Crippen LogP contribution in [0.4, 0.5) is 9.59 Å². The van der Waals surface area contributed by atoms with Gasteiger partial charge in [0.15, 0.2) is 8.32 Å². The van der Waals surface area contributed by atoms with E-state index in [4.69, 9.17) is 13.9 Å². The van der Waals surface area contributed by atoms with Crippen LogP contribution < -0.4 is 0 Å². The van der Waals surface area contributed by atoms with E-state index in [-0.39, 0.29) is 46.7 Å². The zero-order valence-electron chi connectivity index (χ0n) is 30.2. The van der Waals surface area contributed by atoms with Crippen molar-refractivity contribution < 1.29 is 28.6 Å². The molecule has 8 nitrogen and oxygen atoms in total. The second-order valence-corrected chi connectivity index (χ2v) is 21.2. The number of rotatable bonds is 9. The van der Waals surface area contributed by atoms with Crippen molar-refractivity contribution in [2.45, 2.75) is 144 Å². The first-order valence-corrected chi connectivity index (χ1v) is 19.6. The van der Waals surface area contributed by atoms with Crippen molar-refractivity contribution in [3.05, 3.63) is 0 Å². The molecule has 2 aliphatic heterocycles. The number of carbonyl (C=O) groups excluding carboxylic acids is 2. The number of likely N-dealkylation sites (tertiary alicyclic amines) is 2. The van der Waals surface area contributed by atoms with Crippen LogP contribution in [-0.4, -0.2) is 88.0 Å². The molecule has 0 aromatic rings. The third kappa shape index (κ3) is 12.5. The van der Waals surface area contributed by atoms with Gasteiger partial charge in [-0.15, -0.1) is 0 Å². The maximum Gasteiger partial charge on any atom is 0.409 e. The number of piperidine rings is 2. The van der Waals surface area contributed by atoms with E-state index in [1.54, 1.807) is 0 Å². The van der Waals surface area contributed by atoms with Gasteiger partial charge in [0, 0.05) is 38.4 Å². The zero-order chi connectivity index (χ0) is 33.2. The SMILES string of the molecule is CCCC(C)(C)C1CC(CO)CCN1C(=O)OC.COC(=O)N1CCC(CO[Si](C)(C)C(C)(C)C)CC1CCC(C)(C)C. The Morgan fingerprint density at radius 1 is 0.837 bits per heavy atom. The molecule has 0 aromatic heterocycles. The van der Waals surface area contributed by atoms with Crippen LogP contribution in [-0.2, 0) is 13.9 Å². The van der Waals surface area contributed by atoms with Crippen LogP contribution in [0, 0.1) is 22.7 Å². The summed E-state index contributed by atoms with van der Waals surface area (Å²) in [4.78, 5) is 27.8. The molecular weight excluding hydrogens is 560 g/mol. The van der Waals surface area contributed by atoms with Crippen molar-refractivity contribution in [1.29, 1.82) is 0 Å². The molecule has 2 saturated heterocycles. The molecule has 2 rings (SSSR count). The summed E-state index contributed by atoms with van der Waals surface area (Å²) in [5, 5.41) is 9.59. The molecule has 2 amide bonds. The van der Waals surface area contributed by atoms with Gasteiger partial charge in [-0.05, 0) is 85.7 Å². The van der Waals surface area contributed by atoms with Gasteiger partial charge in [-0.1, -0.05) is 68.7 Å². The third-order valence-electron chi connectivity index (χ3n) is 10.1. The molecule has 0 radical (unpaired) electrons. The number of aliphatic hydroxyl groups excluding tert-OH is 1. The van der Waals surface area contributed by atoms with E-state index in [1.807, 2.05) is 9.80 Å². The lowest BCUT2D eigenvalue weighted by molar-refractivity contribution is 0.0113. The maximum atomic E-state index is 12.1. The molecule has 0 aromatic carbocycles. The predicted molar refractivity (Wildman–Crippen MR) is 179 cm³/mol. The first-order chi connectivity index (χ1) is 19.7. The van der Waals surface area contributed by atoms with Gasteiger partial charge >= 0.3 is 12.2 Å². The largest absolute Gasteiger partial charge is 0.453 e. The van der Waals surface area contributed by atoms with Crippen LogP contribution in [0.25, 0.3) is 0 Å². The minimum Gasteiger partial charge on any atom is -0.453 e. The van der Waals surface area contributed by atoms with Crippen molar-refractivity contribution in [2.24, 2.45) is 22.7 Å². The van der Waals surface area contributed by atoms with Crippen LogP contribution in [0.15, 0.2) is 0 Å². The number of methoxy groups -OCH3 is 2. The van der Waals surface area contributed by atoms with E-state index in [2.05, 4.69) is 75.4 Å². The molecule has 1 N–H and O–H groups in total. The summed E-state index contributed by atoms with van der Waals surface area (Å²) < 4.78 is 16.3. The van der Waals surface area contributed by atoms with Gasteiger partial charge in [-0.3, -0.25) is 0 Å². The van der Waals surface area contributed by atoms with Crippen LogP contribution in [0.3, 0.4) is 0 Å². The minimum absolute atomic E-state index is 0.0662. The lowest BCUT2D eigenvalue weighted by atomic mass is 9.73. The van der Waals surface area contributed by atoms with Gasteiger partial charge in [0.05, 0.1) is 14.2 Å². The molecule has 0 bridgehead atoms. The van der Waals surface area contributed by atoms with Gasteiger partial charge in [0.25, 0.3) is 0 Å². The first-order valence-electron chi connectivity index (χ1n) is 16.7. The Kier molecular flexibility index (Phi) is 15.5. The Morgan fingerprint density at radius 2 is 1.37 bits per heavy atom. The Labute approximate surface area is 265 Å². The van der Waals surface area contributed by atoms with Crippen molar-refractivity contribution >= 4 is 20.5 Å². The van der Waals surface area contributed by atoms with E-state index >= 15 is 0 Å². The molecule has 254 valence electrons. The Balaban J connectivity index is 0.000000453. The molecule has 4 atom stereocenters. The predicted octanol–water partition coefficient (Wildman–Crippen LogP) is 8.33. The molecule has 0 aliphatic carbocycles. The van der Waals surface area contributed by atoms with E-state index in [1.165, 1.54) is 14.2 Å². The minimum atomic E-state index is -1.71. The van der Waals surface area contributed by atoms with Gasteiger partial charge in [0.1, 0.15) is 0 Å². The average Bonchev–Trinajstić information content (AvgIpc) is 2.93. The van der Waals surface area contributed by atoms with Crippen molar-refractivity contribution in [3.63, 3.8) is 0 Å². The highest BCUT2D eigenvalue weighted by Crippen LogP contribution is 2.39. The van der Waals surface area contributed by atoms with Crippen molar-refractivity contribution in [3.8, 4) is 0 Å². The highest BCUT2D eigenvalue weighted by atomic mass is 28.4. The Hall–Kier alpha value is -1.32. The van der Waals surface area contributed by atoms with Crippen molar-refractivity contribution in [1.82, 2.24) is 9.80 Å². The molecular formula is C34H68N2O6Si. The number of hydrogen-bond donors (Lipinski definition) is 1. The summed E-state index contributed by atoms with van der Waals surface area (Å²) in [7, 11) is 1.21. The van der Waals surface area contributed by atoms with E-state index in [9.17, 15) is 14.7 Å². The number of carbonyl (C=O) groups is 2. The fraction of sp³-hybridized carbons (Fsp3) is 0.941. The number of hydrogen-bond acceptors (Lipinski definition) is 6. The van der Waals surface area contributed by atoms with Gasteiger partial charge in [0.2, 0.25) is 0 Å². The molecule has 43 heavy (non-hydrogen) atoms. The molecule has 2 fully saturated rings. The number of nitrogens with zero attached hydrogens (tertiary/aromatic N) is 2. The number of aliphatic hydroxyl groups is 1. The van der Waals surface area contributed by atoms with Crippen LogP contribution in [0.2, 0.25) is 18.1 Å². The molecule has 2 heterocycles. The van der Waals surface area contributed by atoms with Crippen LogP contribution in [0.5, 0.6) is 0 Å². The van der Waals surface area contributed by atoms with Crippen molar-refractivity contribution in [2.75, 3.05) is 40.5 Å². The molecule has 9 heteroatoms. The van der Waals surface area contributed by atoms with Gasteiger partial charge < -0.3 is 28.8 Å². The monoisotopic (exact) mass is 628 g/mol. The van der Waals surface area contributed by atoms with Crippen LogP contribution in [0.1, 0.15) is 114 Å². The molecule has 0 spiro atoms.